The molecule has 1 fully saturated rings. The second-order valence-corrected chi connectivity index (χ2v) is 8.32. The lowest BCUT2D eigenvalue weighted by molar-refractivity contribution is -0.437. The third kappa shape index (κ3) is 5.54. The van der Waals surface area contributed by atoms with Crippen molar-refractivity contribution in [1.29, 1.82) is 0 Å². The summed E-state index contributed by atoms with van der Waals surface area (Å²) in [4.78, 5) is 15.0. The molecule has 176 valence electrons. The molecule has 1 heterocycles. The zero-order valence-electron chi connectivity index (χ0n) is 17.3. The molecular formula is C20H26F4N6O2. The highest BCUT2D eigenvalue weighted by atomic mass is 19.4. The van der Waals surface area contributed by atoms with E-state index in [0.29, 0.717) is 24.6 Å². The van der Waals surface area contributed by atoms with Crippen LogP contribution in [0.25, 0.3) is 0 Å². The van der Waals surface area contributed by atoms with Gasteiger partial charge in [0.1, 0.15) is 5.82 Å². The van der Waals surface area contributed by atoms with E-state index in [9.17, 15) is 27.7 Å². The summed E-state index contributed by atoms with van der Waals surface area (Å²) < 4.78 is 52.7. The van der Waals surface area contributed by atoms with E-state index in [0.717, 1.165) is 37.9 Å². The predicted molar refractivity (Wildman–Crippen MR) is 110 cm³/mol. The zero-order chi connectivity index (χ0) is 23.5. The van der Waals surface area contributed by atoms with E-state index in [2.05, 4.69) is 15.6 Å². The van der Waals surface area contributed by atoms with E-state index in [4.69, 9.17) is 11.5 Å². The van der Waals surface area contributed by atoms with Gasteiger partial charge in [0.25, 0.3) is 0 Å². The second-order valence-electron chi connectivity index (χ2n) is 8.32. The molecule has 0 amide bonds. The molecule has 1 aromatic rings. The second kappa shape index (κ2) is 9.41. The number of benzene rings is 1. The number of nitrogens with one attached hydrogen (secondary N) is 2. The van der Waals surface area contributed by atoms with Crippen molar-refractivity contribution in [2.24, 2.45) is 28.3 Å². The number of nitrogens with two attached hydrogens (primary N) is 2. The maximum Gasteiger partial charge on any atom is 0.416 e. The summed E-state index contributed by atoms with van der Waals surface area (Å²) in [6, 6.07) is 2.07. The molecule has 32 heavy (non-hydrogen) atoms. The number of aliphatic imine (C=N–C) groups is 1. The number of halogens is 4. The summed E-state index contributed by atoms with van der Waals surface area (Å²) in [5.41, 5.74) is 9.04. The van der Waals surface area contributed by atoms with Crippen LogP contribution in [0.1, 0.15) is 43.2 Å². The Morgan fingerprint density at radius 1 is 1.22 bits per heavy atom. The lowest BCUT2D eigenvalue weighted by Gasteiger charge is -2.37. The van der Waals surface area contributed by atoms with Crippen molar-refractivity contribution in [1.82, 2.24) is 10.6 Å². The smallest absolute Gasteiger partial charge is 0.330 e. The Bertz CT molecular complexity index is 912. The van der Waals surface area contributed by atoms with Gasteiger partial charge in [0.2, 0.25) is 0 Å². The summed E-state index contributed by atoms with van der Waals surface area (Å²) in [7, 11) is 0. The number of rotatable bonds is 6. The first-order chi connectivity index (χ1) is 15.0. The molecule has 3 rings (SSSR count). The molecule has 0 aromatic heterocycles. The zero-order valence-corrected chi connectivity index (χ0v) is 17.3. The van der Waals surface area contributed by atoms with Gasteiger partial charge in [-0.3, -0.25) is 15.8 Å². The highest BCUT2D eigenvalue weighted by Crippen LogP contribution is 2.35. The monoisotopic (exact) mass is 458 g/mol. The minimum Gasteiger partial charge on any atom is -0.330 e. The van der Waals surface area contributed by atoms with Crippen molar-refractivity contribution in [3.8, 4) is 0 Å². The van der Waals surface area contributed by atoms with Crippen LogP contribution < -0.4 is 22.1 Å². The van der Waals surface area contributed by atoms with Crippen molar-refractivity contribution < 1.29 is 22.5 Å². The Hall–Kier alpha value is -2.73. The van der Waals surface area contributed by atoms with E-state index in [1.807, 2.05) is 0 Å². The van der Waals surface area contributed by atoms with E-state index in [1.54, 1.807) is 0 Å². The van der Waals surface area contributed by atoms with Gasteiger partial charge in [-0.15, -0.1) is 0 Å². The minimum atomic E-state index is -4.62. The van der Waals surface area contributed by atoms with Crippen LogP contribution in [0.3, 0.4) is 0 Å². The third-order valence-corrected chi connectivity index (χ3v) is 6.03. The molecule has 1 aromatic carbocycles. The first kappa shape index (κ1) is 23.9. The first-order valence-electron chi connectivity index (χ1n) is 10.3. The van der Waals surface area contributed by atoms with E-state index in [-0.39, 0.29) is 29.6 Å². The molecule has 12 heteroatoms. The van der Waals surface area contributed by atoms with Crippen LogP contribution in [0.2, 0.25) is 0 Å². The number of nitrogens with zero attached hydrogens (tertiary/aromatic N) is 2. The van der Waals surface area contributed by atoms with Gasteiger partial charge in [-0.1, -0.05) is 0 Å². The van der Waals surface area contributed by atoms with Gasteiger partial charge in [0, 0.05) is 5.56 Å². The summed E-state index contributed by atoms with van der Waals surface area (Å²) in [6.45, 7) is 0.191. The highest BCUT2D eigenvalue weighted by Gasteiger charge is 2.44. The van der Waals surface area contributed by atoms with Gasteiger partial charge < -0.3 is 16.4 Å². The molecule has 0 spiro atoms. The third-order valence-electron chi connectivity index (χ3n) is 6.03. The van der Waals surface area contributed by atoms with Crippen LogP contribution in [-0.4, -0.2) is 23.1 Å². The maximum absolute atomic E-state index is 14.0. The van der Waals surface area contributed by atoms with Gasteiger partial charge >= 0.3 is 11.9 Å². The molecule has 1 aliphatic carbocycles. The lowest BCUT2D eigenvalue weighted by Crippen LogP contribution is -2.64. The molecule has 2 aliphatic rings. The van der Waals surface area contributed by atoms with Gasteiger partial charge in [0.05, 0.1) is 23.2 Å². The van der Waals surface area contributed by atoms with Gasteiger partial charge in [-0.2, -0.15) is 13.2 Å². The Kier molecular flexibility index (Phi) is 7.03. The molecule has 6 N–H and O–H groups in total. The maximum atomic E-state index is 14.0. The van der Waals surface area contributed by atoms with Crippen molar-refractivity contribution in [3.05, 3.63) is 57.2 Å². The molecule has 1 unspecified atom stereocenters. The highest BCUT2D eigenvalue weighted by molar-refractivity contribution is 5.83. The van der Waals surface area contributed by atoms with Crippen molar-refractivity contribution in [2.75, 3.05) is 6.54 Å². The van der Waals surface area contributed by atoms with Gasteiger partial charge in [-0.25, -0.2) is 9.38 Å². The minimum absolute atomic E-state index is 0.0190. The van der Waals surface area contributed by atoms with Crippen LogP contribution in [0, 0.1) is 27.8 Å². The number of hydrogen-bond acceptors (Lipinski definition) is 5. The lowest BCUT2D eigenvalue weighted by atomic mass is 9.77. The Balaban J connectivity index is 1.77. The van der Waals surface area contributed by atoms with Crippen LogP contribution in [0.4, 0.5) is 17.6 Å². The number of hydrogen-bond donors (Lipinski definition) is 4. The van der Waals surface area contributed by atoms with E-state index >= 15 is 0 Å². The average Bonchev–Trinajstić information content (AvgIpc) is 2.72. The van der Waals surface area contributed by atoms with Gasteiger partial charge in [0.15, 0.2) is 11.6 Å². The summed E-state index contributed by atoms with van der Waals surface area (Å²) >= 11 is 0. The molecule has 1 atom stereocenters. The predicted octanol–water partition coefficient (Wildman–Crippen LogP) is 2.82. The fraction of sp³-hybridized carbons (Fsp3) is 0.550. The quantitative estimate of drug-likeness (QED) is 0.295. The molecule has 0 saturated heterocycles. The number of alkyl halides is 3. The van der Waals surface area contributed by atoms with Crippen LogP contribution in [0.15, 0.2) is 35.1 Å². The summed E-state index contributed by atoms with van der Waals surface area (Å²) in [5, 5.41) is 16.9. The number of guanidine groups is 1. The molecule has 0 bridgehead atoms. The van der Waals surface area contributed by atoms with Crippen LogP contribution in [-0.2, 0) is 12.7 Å². The fourth-order valence-electron chi connectivity index (χ4n) is 4.20. The largest absolute Gasteiger partial charge is 0.416 e. The standard InChI is InChI=1S/C20H26F4N6O2/c21-16-6-5-15(20(22,23)24)7-14(16)10-27-18-28-11-17(30(31)32)19(26,29-18)8-12-1-3-13(9-25)4-2-12/h5-7,11-13H,1-4,8-10,25-26H2,(H2,27,28,29). The van der Waals surface area contributed by atoms with Crippen molar-refractivity contribution in [2.45, 2.75) is 50.5 Å². The molecule has 1 saturated carbocycles. The SMILES string of the molecule is NCC1CCC(CC2(N)NC(=NCc3cc(C(F)(F)F)ccc3F)NC=C2[N+](=O)[O-])CC1. The summed E-state index contributed by atoms with van der Waals surface area (Å²) in [5.74, 6) is -0.245. The van der Waals surface area contributed by atoms with Crippen molar-refractivity contribution in [3.63, 3.8) is 0 Å². The van der Waals surface area contributed by atoms with Crippen LogP contribution >= 0.6 is 0 Å². The first-order valence-corrected chi connectivity index (χ1v) is 10.3. The van der Waals surface area contributed by atoms with E-state index < -0.39 is 34.7 Å². The Morgan fingerprint density at radius 2 is 1.88 bits per heavy atom. The number of nitro groups is 1. The molecule has 8 nitrogen and oxygen atoms in total. The Morgan fingerprint density at radius 3 is 2.47 bits per heavy atom. The molecular weight excluding hydrogens is 432 g/mol. The summed E-state index contributed by atoms with van der Waals surface area (Å²) in [6.07, 6.45) is 0.284. The van der Waals surface area contributed by atoms with Crippen LogP contribution in [0.5, 0.6) is 0 Å². The molecule has 1 aliphatic heterocycles. The Labute approximate surface area is 182 Å². The fourth-order valence-corrected chi connectivity index (χ4v) is 4.20. The molecule has 0 radical (unpaired) electrons. The topological polar surface area (TPSA) is 132 Å². The van der Waals surface area contributed by atoms with Crippen molar-refractivity contribution >= 4 is 5.96 Å². The normalized spacial score (nSPS) is 27.4. The van der Waals surface area contributed by atoms with Gasteiger partial charge in [-0.05, 0) is 68.7 Å². The average molecular weight is 458 g/mol. The van der Waals surface area contributed by atoms with E-state index in [1.165, 1.54) is 0 Å².